The number of rotatable bonds is 6. The summed E-state index contributed by atoms with van der Waals surface area (Å²) in [6, 6.07) is 6.53. The Morgan fingerprint density at radius 2 is 2.08 bits per heavy atom. The Morgan fingerprint density at radius 1 is 1.29 bits per heavy atom. The number of aromatic nitrogens is 2. The van der Waals surface area contributed by atoms with Crippen LogP contribution in [0.2, 0.25) is 0 Å². The second-order valence-corrected chi connectivity index (χ2v) is 5.70. The molecule has 0 bridgehead atoms. The Hall–Kier alpha value is -1.92. The predicted octanol–water partition coefficient (Wildman–Crippen LogP) is 2.26. The molecule has 1 aromatic heterocycles. The molecule has 0 unspecified atom stereocenters. The minimum atomic E-state index is -0.328. The lowest BCUT2D eigenvalue weighted by molar-refractivity contribution is 0.0947. The molecule has 0 saturated heterocycles. The standard InChI is InChI=1S/C17H21FN4O.ClH/c1-19-10-5-11-20-17(23)16-12-6-4-9-14(12)22(21-16)15-8-3-2-7-13(15)18;/h2-3,7-8,19H,4-6,9-11H2,1H3,(H,20,23);1H. The maximum Gasteiger partial charge on any atom is 0.272 e. The van der Waals surface area contributed by atoms with Gasteiger partial charge in [-0.2, -0.15) is 5.10 Å². The van der Waals surface area contributed by atoms with E-state index in [1.165, 1.54) is 6.07 Å². The summed E-state index contributed by atoms with van der Waals surface area (Å²) >= 11 is 0. The first-order valence-corrected chi connectivity index (χ1v) is 8.01. The highest BCUT2D eigenvalue weighted by Crippen LogP contribution is 2.28. The van der Waals surface area contributed by atoms with Crippen LogP contribution < -0.4 is 10.6 Å². The lowest BCUT2D eigenvalue weighted by atomic mass is 10.2. The zero-order chi connectivity index (χ0) is 16.2. The third-order valence-electron chi connectivity index (χ3n) is 4.12. The van der Waals surface area contributed by atoms with Gasteiger partial charge in [-0.3, -0.25) is 4.79 Å². The van der Waals surface area contributed by atoms with Crippen molar-refractivity contribution in [2.24, 2.45) is 0 Å². The van der Waals surface area contributed by atoms with E-state index in [1.807, 2.05) is 7.05 Å². The first-order chi connectivity index (χ1) is 11.2. The van der Waals surface area contributed by atoms with E-state index in [-0.39, 0.29) is 24.1 Å². The fourth-order valence-electron chi connectivity index (χ4n) is 2.99. The van der Waals surface area contributed by atoms with E-state index < -0.39 is 0 Å². The maximum absolute atomic E-state index is 14.1. The van der Waals surface area contributed by atoms with Gasteiger partial charge in [0.25, 0.3) is 5.91 Å². The number of hydrogen-bond donors (Lipinski definition) is 2. The molecule has 1 aliphatic rings. The lowest BCUT2D eigenvalue weighted by Gasteiger charge is -2.06. The Kier molecular flexibility index (Phi) is 6.34. The number of para-hydroxylation sites is 1. The van der Waals surface area contributed by atoms with Crippen LogP contribution >= 0.6 is 12.4 Å². The molecule has 3 rings (SSSR count). The second kappa shape index (κ2) is 8.26. The summed E-state index contributed by atoms with van der Waals surface area (Å²) in [6.07, 6.45) is 3.48. The molecule has 24 heavy (non-hydrogen) atoms. The number of fused-ring (bicyclic) bond motifs is 1. The van der Waals surface area contributed by atoms with Crippen molar-refractivity contribution in [3.63, 3.8) is 0 Å². The Balaban J connectivity index is 0.00000208. The maximum atomic E-state index is 14.1. The first-order valence-electron chi connectivity index (χ1n) is 8.01. The van der Waals surface area contributed by atoms with Crippen molar-refractivity contribution in [3.05, 3.63) is 47.0 Å². The van der Waals surface area contributed by atoms with E-state index in [2.05, 4.69) is 15.7 Å². The van der Waals surface area contributed by atoms with Crippen LogP contribution in [0.3, 0.4) is 0 Å². The molecule has 2 N–H and O–H groups in total. The molecular weight excluding hydrogens is 331 g/mol. The first kappa shape index (κ1) is 18.4. The van der Waals surface area contributed by atoms with Gasteiger partial charge in [0.15, 0.2) is 5.69 Å². The summed E-state index contributed by atoms with van der Waals surface area (Å²) in [4.78, 5) is 12.4. The Bertz CT molecular complexity index is 717. The van der Waals surface area contributed by atoms with Gasteiger partial charge in [-0.15, -0.1) is 12.4 Å². The topological polar surface area (TPSA) is 58.9 Å². The molecule has 0 atom stereocenters. The van der Waals surface area contributed by atoms with Crippen molar-refractivity contribution in [1.82, 2.24) is 20.4 Å². The molecule has 7 heteroatoms. The van der Waals surface area contributed by atoms with E-state index in [9.17, 15) is 9.18 Å². The van der Waals surface area contributed by atoms with Gasteiger partial charge in [-0.1, -0.05) is 12.1 Å². The smallest absolute Gasteiger partial charge is 0.272 e. The van der Waals surface area contributed by atoms with Crippen LogP contribution in [0.15, 0.2) is 24.3 Å². The summed E-state index contributed by atoms with van der Waals surface area (Å²) in [6.45, 7) is 1.45. The SMILES string of the molecule is CNCCCNC(=O)c1nn(-c2ccccc2F)c2c1CCC2.Cl. The number of halogens is 2. The van der Waals surface area contributed by atoms with E-state index in [1.54, 1.807) is 22.9 Å². The van der Waals surface area contributed by atoms with Gasteiger partial charge >= 0.3 is 0 Å². The van der Waals surface area contributed by atoms with Crippen LogP contribution in [0, 0.1) is 5.82 Å². The van der Waals surface area contributed by atoms with Crippen LogP contribution in [-0.4, -0.2) is 35.8 Å². The van der Waals surface area contributed by atoms with E-state index in [0.29, 0.717) is 17.9 Å². The van der Waals surface area contributed by atoms with Crippen molar-refractivity contribution in [1.29, 1.82) is 0 Å². The summed E-state index contributed by atoms with van der Waals surface area (Å²) in [5.74, 6) is -0.500. The van der Waals surface area contributed by atoms with E-state index in [4.69, 9.17) is 0 Å². The molecule has 2 aromatic rings. The van der Waals surface area contributed by atoms with Crippen LogP contribution in [0.5, 0.6) is 0 Å². The van der Waals surface area contributed by atoms with Crippen molar-refractivity contribution in [3.8, 4) is 5.69 Å². The molecule has 1 heterocycles. The quantitative estimate of drug-likeness (QED) is 0.784. The fraction of sp³-hybridized carbons (Fsp3) is 0.412. The van der Waals surface area contributed by atoms with Gasteiger partial charge in [-0.05, 0) is 51.4 Å². The van der Waals surface area contributed by atoms with Gasteiger partial charge in [0.2, 0.25) is 0 Å². The second-order valence-electron chi connectivity index (χ2n) is 5.70. The van der Waals surface area contributed by atoms with Gasteiger partial charge < -0.3 is 10.6 Å². The Morgan fingerprint density at radius 3 is 2.83 bits per heavy atom. The number of carbonyl (C=O) groups excluding carboxylic acids is 1. The molecule has 0 spiro atoms. The molecule has 0 saturated carbocycles. The van der Waals surface area contributed by atoms with Gasteiger partial charge in [0.1, 0.15) is 11.5 Å². The summed E-state index contributed by atoms with van der Waals surface area (Å²) in [5, 5.41) is 10.3. The largest absolute Gasteiger partial charge is 0.351 e. The molecule has 0 fully saturated rings. The van der Waals surface area contributed by atoms with Crippen LogP contribution in [0.4, 0.5) is 4.39 Å². The van der Waals surface area contributed by atoms with Gasteiger partial charge in [0.05, 0.1) is 0 Å². The fourth-order valence-corrected chi connectivity index (χ4v) is 2.99. The van der Waals surface area contributed by atoms with Crippen molar-refractivity contribution in [2.45, 2.75) is 25.7 Å². The van der Waals surface area contributed by atoms with Crippen molar-refractivity contribution < 1.29 is 9.18 Å². The zero-order valence-electron chi connectivity index (χ0n) is 13.6. The third kappa shape index (κ3) is 3.60. The number of amides is 1. The molecule has 1 aliphatic carbocycles. The van der Waals surface area contributed by atoms with Crippen LogP contribution in [0.25, 0.3) is 5.69 Å². The minimum Gasteiger partial charge on any atom is -0.351 e. The monoisotopic (exact) mass is 352 g/mol. The average molecular weight is 353 g/mol. The van der Waals surface area contributed by atoms with Gasteiger partial charge in [0, 0.05) is 17.8 Å². The highest BCUT2D eigenvalue weighted by Gasteiger charge is 2.27. The molecule has 0 aliphatic heterocycles. The Labute approximate surface area is 147 Å². The highest BCUT2D eigenvalue weighted by atomic mass is 35.5. The minimum absolute atomic E-state index is 0. The zero-order valence-corrected chi connectivity index (χ0v) is 14.5. The van der Waals surface area contributed by atoms with Gasteiger partial charge in [-0.25, -0.2) is 9.07 Å². The normalized spacial score (nSPS) is 12.6. The van der Waals surface area contributed by atoms with E-state index in [0.717, 1.165) is 43.5 Å². The summed E-state index contributed by atoms with van der Waals surface area (Å²) < 4.78 is 15.7. The summed E-state index contributed by atoms with van der Waals surface area (Å²) in [5.41, 5.74) is 2.75. The molecule has 1 amide bonds. The predicted molar refractivity (Wildman–Crippen MR) is 93.7 cm³/mol. The van der Waals surface area contributed by atoms with E-state index >= 15 is 0 Å². The third-order valence-corrected chi connectivity index (χ3v) is 4.12. The number of benzene rings is 1. The molecule has 130 valence electrons. The van der Waals surface area contributed by atoms with Crippen LogP contribution in [-0.2, 0) is 12.8 Å². The average Bonchev–Trinajstić information content (AvgIpc) is 3.14. The van der Waals surface area contributed by atoms with Crippen molar-refractivity contribution >= 4 is 18.3 Å². The molecular formula is C17H22ClFN4O. The highest BCUT2D eigenvalue weighted by molar-refractivity contribution is 5.94. The lowest BCUT2D eigenvalue weighted by Crippen LogP contribution is -2.27. The number of hydrogen-bond acceptors (Lipinski definition) is 3. The molecule has 5 nitrogen and oxygen atoms in total. The van der Waals surface area contributed by atoms with Crippen molar-refractivity contribution in [2.75, 3.05) is 20.1 Å². The number of carbonyl (C=O) groups is 1. The summed E-state index contributed by atoms with van der Waals surface area (Å²) in [7, 11) is 1.88. The van der Waals surface area contributed by atoms with Crippen LogP contribution in [0.1, 0.15) is 34.6 Å². The number of nitrogens with one attached hydrogen (secondary N) is 2. The molecule has 1 aromatic carbocycles. The number of nitrogens with zero attached hydrogens (tertiary/aromatic N) is 2. The molecule has 0 radical (unpaired) electrons.